The van der Waals surface area contributed by atoms with E-state index in [0.29, 0.717) is 27.3 Å². The summed E-state index contributed by atoms with van der Waals surface area (Å²) in [6.07, 6.45) is 1.71. The van der Waals surface area contributed by atoms with Crippen molar-refractivity contribution in [3.8, 4) is 11.3 Å². The van der Waals surface area contributed by atoms with Crippen LogP contribution in [0.25, 0.3) is 23.2 Å². The number of hydrogen-bond acceptors (Lipinski definition) is 4. The molecular weight excluding hydrogens is 402 g/mol. The lowest BCUT2D eigenvalue weighted by atomic mass is 10.1. The summed E-state index contributed by atoms with van der Waals surface area (Å²) < 4.78 is 12.6. The molecule has 0 unspecified atom stereocenters. The average molecular weight is 414 g/mol. The predicted molar refractivity (Wildman–Crippen MR) is 101 cm³/mol. The molecule has 0 aliphatic carbocycles. The quantitative estimate of drug-likeness (QED) is 0.429. The van der Waals surface area contributed by atoms with E-state index in [4.69, 9.17) is 21.4 Å². The number of furan rings is 1. The Bertz CT molecular complexity index is 1080. The number of cyclic esters (lactones) is 1. The maximum atomic E-state index is 12.1. The maximum absolute atomic E-state index is 12.1. The molecule has 0 radical (unpaired) electrons. The molecule has 4 rings (SSSR count). The molecule has 25 heavy (non-hydrogen) atoms. The molecule has 0 saturated heterocycles. The molecule has 0 fully saturated rings. The number of halogens is 1. The van der Waals surface area contributed by atoms with Gasteiger partial charge in [0.05, 0.1) is 0 Å². The number of nitrogens with one attached hydrogen (secondary N) is 1. The van der Waals surface area contributed by atoms with Crippen LogP contribution in [-0.4, -0.2) is 11.0 Å². The summed E-state index contributed by atoms with van der Waals surface area (Å²) in [7, 11) is 0. The molecule has 0 amide bonds. The standard InChI is InChI=1S/C19H12BrNO3S/c1-10-8-14-16(24-19(22)17(14)18(25)21-10)9-13-6-7-15(23-13)11-2-4-12(20)5-3-11/h2-9H,1H3,(H,21,25). The van der Waals surface area contributed by atoms with Crippen LogP contribution in [0.2, 0.25) is 0 Å². The third-order valence-corrected chi connectivity index (χ3v) is 4.70. The van der Waals surface area contributed by atoms with Crippen LogP contribution < -0.4 is 0 Å². The van der Waals surface area contributed by atoms with Gasteiger partial charge in [0.15, 0.2) is 0 Å². The molecule has 0 bridgehead atoms. The highest BCUT2D eigenvalue weighted by Crippen LogP contribution is 2.33. The number of pyridine rings is 1. The second-order valence-corrected chi connectivity index (χ2v) is 7.00. The van der Waals surface area contributed by atoms with Crippen molar-refractivity contribution in [1.29, 1.82) is 0 Å². The first-order valence-electron chi connectivity index (χ1n) is 7.55. The topological polar surface area (TPSA) is 55.2 Å². The summed E-state index contributed by atoms with van der Waals surface area (Å²) in [6, 6.07) is 13.4. The Morgan fingerprint density at radius 3 is 2.68 bits per heavy atom. The van der Waals surface area contributed by atoms with Crippen molar-refractivity contribution in [2.75, 3.05) is 0 Å². The average Bonchev–Trinajstić information content (AvgIpc) is 3.14. The lowest BCUT2D eigenvalue weighted by molar-refractivity contribution is 0.0716. The van der Waals surface area contributed by atoms with Crippen LogP contribution in [0.4, 0.5) is 0 Å². The number of hydrogen-bond donors (Lipinski definition) is 1. The summed E-state index contributed by atoms with van der Waals surface area (Å²) in [6.45, 7) is 1.88. The van der Waals surface area contributed by atoms with Crippen LogP contribution in [0, 0.1) is 11.6 Å². The van der Waals surface area contributed by atoms with Crippen molar-refractivity contribution >= 4 is 46.0 Å². The molecule has 0 atom stereocenters. The number of aromatic nitrogens is 1. The molecule has 3 heterocycles. The molecule has 124 valence electrons. The number of aromatic amines is 1. The Morgan fingerprint density at radius 2 is 1.92 bits per heavy atom. The third kappa shape index (κ3) is 2.99. The van der Waals surface area contributed by atoms with Crippen molar-refractivity contribution in [3.63, 3.8) is 0 Å². The van der Waals surface area contributed by atoms with Gasteiger partial charge in [0.25, 0.3) is 0 Å². The third-order valence-electron chi connectivity index (χ3n) is 3.87. The Labute approximate surface area is 157 Å². The minimum Gasteiger partial charge on any atom is -0.457 e. The van der Waals surface area contributed by atoms with Crippen molar-refractivity contribution in [2.24, 2.45) is 0 Å². The molecule has 0 saturated carbocycles. The van der Waals surface area contributed by atoms with E-state index in [9.17, 15) is 4.79 Å². The number of carbonyl (C=O) groups excluding carboxylic acids is 1. The van der Waals surface area contributed by atoms with Gasteiger partial charge in [-0.15, -0.1) is 0 Å². The minimum absolute atomic E-state index is 0.387. The first kappa shape index (κ1) is 16.1. The lowest BCUT2D eigenvalue weighted by Gasteiger charge is -2.00. The number of rotatable bonds is 2. The number of carbonyl (C=O) groups is 1. The van der Waals surface area contributed by atoms with Crippen LogP contribution in [0.5, 0.6) is 0 Å². The second-order valence-electron chi connectivity index (χ2n) is 5.68. The van der Waals surface area contributed by atoms with Crippen LogP contribution in [-0.2, 0) is 4.74 Å². The van der Waals surface area contributed by atoms with E-state index in [0.717, 1.165) is 21.5 Å². The van der Waals surface area contributed by atoms with Crippen LogP contribution in [0.15, 0.2) is 51.4 Å². The lowest BCUT2D eigenvalue weighted by Crippen LogP contribution is -1.97. The molecule has 3 aromatic rings. The van der Waals surface area contributed by atoms with E-state index in [1.165, 1.54) is 0 Å². The number of H-pyrrole nitrogens is 1. The Balaban J connectivity index is 1.73. The molecule has 6 heteroatoms. The zero-order valence-electron chi connectivity index (χ0n) is 13.1. The second kappa shape index (κ2) is 6.13. The van der Waals surface area contributed by atoms with Gasteiger partial charge < -0.3 is 14.1 Å². The molecule has 2 aromatic heterocycles. The summed E-state index contributed by atoms with van der Waals surface area (Å²) >= 11 is 8.64. The molecule has 4 nitrogen and oxygen atoms in total. The van der Waals surface area contributed by atoms with Gasteiger partial charge in [-0.25, -0.2) is 4.79 Å². The summed E-state index contributed by atoms with van der Waals surface area (Å²) in [5.74, 6) is 1.34. The fourth-order valence-electron chi connectivity index (χ4n) is 2.73. The highest BCUT2D eigenvalue weighted by Gasteiger charge is 2.28. The number of esters is 1. The fraction of sp³-hybridized carbons (Fsp3) is 0.0526. The zero-order chi connectivity index (χ0) is 17.6. The molecular formula is C19H12BrNO3S. The maximum Gasteiger partial charge on any atom is 0.347 e. The van der Waals surface area contributed by atoms with E-state index in [1.807, 2.05) is 49.4 Å². The molecule has 0 spiro atoms. The smallest absolute Gasteiger partial charge is 0.347 e. The summed E-state index contributed by atoms with van der Waals surface area (Å²) in [5, 5.41) is 0. The SMILES string of the molecule is Cc1cc2c(c(=S)[nH]1)C(=O)OC2=Cc1ccc(-c2ccc(Br)cc2)o1. The fourth-order valence-corrected chi connectivity index (χ4v) is 3.35. The normalized spacial score (nSPS) is 14.6. The molecule has 1 aliphatic rings. The van der Waals surface area contributed by atoms with E-state index >= 15 is 0 Å². The largest absolute Gasteiger partial charge is 0.457 e. The Hall–Kier alpha value is -2.44. The van der Waals surface area contributed by atoms with Gasteiger partial charge in [0.2, 0.25) is 0 Å². The van der Waals surface area contributed by atoms with Gasteiger partial charge in [-0.3, -0.25) is 0 Å². The van der Waals surface area contributed by atoms with E-state index in [1.54, 1.807) is 6.08 Å². The first-order chi connectivity index (χ1) is 12.0. The zero-order valence-corrected chi connectivity index (χ0v) is 15.5. The Morgan fingerprint density at radius 1 is 1.16 bits per heavy atom. The number of ether oxygens (including phenoxy) is 1. The molecule has 1 aliphatic heterocycles. The van der Waals surface area contributed by atoms with Crippen LogP contribution in [0.3, 0.4) is 0 Å². The first-order valence-corrected chi connectivity index (χ1v) is 8.75. The molecule has 1 aromatic carbocycles. The monoisotopic (exact) mass is 413 g/mol. The number of benzene rings is 1. The van der Waals surface area contributed by atoms with Crippen molar-refractivity contribution in [2.45, 2.75) is 6.92 Å². The van der Waals surface area contributed by atoms with Gasteiger partial charge in [0, 0.05) is 27.4 Å². The minimum atomic E-state index is -0.442. The van der Waals surface area contributed by atoms with E-state index in [-0.39, 0.29) is 0 Å². The molecule has 1 N–H and O–H groups in total. The highest BCUT2D eigenvalue weighted by molar-refractivity contribution is 9.10. The summed E-state index contributed by atoms with van der Waals surface area (Å²) in [4.78, 5) is 15.0. The van der Waals surface area contributed by atoms with Crippen molar-refractivity contribution < 1.29 is 13.9 Å². The van der Waals surface area contributed by atoms with E-state index < -0.39 is 5.97 Å². The van der Waals surface area contributed by atoms with Crippen molar-refractivity contribution in [1.82, 2.24) is 4.98 Å². The van der Waals surface area contributed by atoms with Crippen LogP contribution >= 0.6 is 28.1 Å². The van der Waals surface area contributed by atoms with E-state index in [2.05, 4.69) is 20.9 Å². The highest BCUT2D eigenvalue weighted by atomic mass is 79.9. The number of aryl methyl sites for hydroxylation is 1. The van der Waals surface area contributed by atoms with Gasteiger partial charge in [-0.05, 0) is 37.3 Å². The van der Waals surface area contributed by atoms with Gasteiger partial charge in [0.1, 0.15) is 27.5 Å². The van der Waals surface area contributed by atoms with Crippen LogP contribution in [0.1, 0.15) is 27.4 Å². The van der Waals surface area contributed by atoms with Crippen molar-refractivity contribution in [3.05, 3.63) is 74.2 Å². The van der Waals surface area contributed by atoms with Gasteiger partial charge in [-0.2, -0.15) is 0 Å². The number of fused-ring (bicyclic) bond motifs is 1. The Kier molecular flexibility index (Phi) is 3.94. The predicted octanol–water partition coefficient (Wildman–Crippen LogP) is 5.74. The van der Waals surface area contributed by atoms with Gasteiger partial charge in [-0.1, -0.05) is 40.3 Å². The van der Waals surface area contributed by atoms with Gasteiger partial charge >= 0.3 is 5.97 Å². The summed E-state index contributed by atoms with van der Waals surface area (Å²) in [5.41, 5.74) is 2.91.